The number of sulfonamides is 2. The summed E-state index contributed by atoms with van der Waals surface area (Å²) in [6.07, 6.45) is 1.37. The normalized spacial score (nSPS) is 12.6. The first-order valence-electron chi connectivity index (χ1n) is 6.29. The van der Waals surface area contributed by atoms with Crippen molar-refractivity contribution in [3.63, 3.8) is 0 Å². The summed E-state index contributed by atoms with van der Waals surface area (Å²) >= 11 is 0. The van der Waals surface area contributed by atoms with Gasteiger partial charge in [0.25, 0.3) is 10.0 Å². The molecule has 1 aromatic rings. The van der Waals surface area contributed by atoms with Crippen LogP contribution in [0.4, 0.5) is 5.69 Å². The van der Waals surface area contributed by atoms with Crippen LogP contribution in [0.25, 0.3) is 0 Å². The maximum absolute atomic E-state index is 12.2. The fourth-order valence-corrected chi connectivity index (χ4v) is 3.48. The van der Waals surface area contributed by atoms with Crippen LogP contribution in [0, 0.1) is 0 Å². The van der Waals surface area contributed by atoms with Crippen LogP contribution in [0.5, 0.6) is 0 Å². The molecule has 0 aromatic carbocycles. The summed E-state index contributed by atoms with van der Waals surface area (Å²) in [7, 11) is -4.53. The number of hydrogen-bond donors (Lipinski definition) is 2. The van der Waals surface area contributed by atoms with Gasteiger partial charge in [-0.15, -0.1) is 0 Å². The Kier molecular flexibility index (Phi) is 6.08. The van der Waals surface area contributed by atoms with Crippen LogP contribution in [0.2, 0.25) is 0 Å². The second-order valence-electron chi connectivity index (χ2n) is 4.38. The van der Waals surface area contributed by atoms with E-state index < -0.39 is 20.0 Å². The van der Waals surface area contributed by atoms with Crippen LogP contribution in [0.1, 0.15) is 6.92 Å². The van der Waals surface area contributed by atoms with E-state index >= 15 is 0 Å². The SMILES string of the molecule is CCNc1cccnc1S(=O)(=O)NCCS(=O)(=O)N(C)C. The van der Waals surface area contributed by atoms with Gasteiger partial charge in [-0.2, -0.15) is 0 Å². The molecule has 8 nitrogen and oxygen atoms in total. The van der Waals surface area contributed by atoms with Gasteiger partial charge in [0, 0.05) is 33.4 Å². The highest BCUT2D eigenvalue weighted by atomic mass is 32.2. The quantitative estimate of drug-likeness (QED) is 0.674. The molecule has 0 aliphatic heterocycles. The van der Waals surface area contributed by atoms with E-state index in [2.05, 4.69) is 15.0 Å². The highest BCUT2D eigenvalue weighted by Gasteiger charge is 2.21. The number of nitrogens with zero attached hydrogens (tertiary/aromatic N) is 2. The van der Waals surface area contributed by atoms with Gasteiger partial charge in [0.05, 0.1) is 11.4 Å². The van der Waals surface area contributed by atoms with Crippen LogP contribution in [0.3, 0.4) is 0 Å². The van der Waals surface area contributed by atoms with E-state index in [1.165, 1.54) is 20.3 Å². The number of rotatable bonds is 8. The van der Waals surface area contributed by atoms with Gasteiger partial charge < -0.3 is 5.32 Å². The van der Waals surface area contributed by atoms with Crippen molar-refractivity contribution < 1.29 is 16.8 Å². The highest BCUT2D eigenvalue weighted by molar-refractivity contribution is 7.90. The van der Waals surface area contributed by atoms with Crippen molar-refractivity contribution in [2.24, 2.45) is 0 Å². The van der Waals surface area contributed by atoms with E-state index in [1.807, 2.05) is 6.92 Å². The van der Waals surface area contributed by atoms with Gasteiger partial charge in [-0.05, 0) is 19.1 Å². The first-order valence-corrected chi connectivity index (χ1v) is 9.38. The van der Waals surface area contributed by atoms with Crippen molar-refractivity contribution in [3.8, 4) is 0 Å². The molecule has 120 valence electrons. The molecule has 0 aliphatic rings. The van der Waals surface area contributed by atoms with Gasteiger partial charge in [-0.3, -0.25) is 0 Å². The summed E-state index contributed by atoms with van der Waals surface area (Å²) in [5, 5.41) is 2.75. The zero-order valence-electron chi connectivity index (χ0n) is 12.2. The maximum atomic E-state index is 12.2. The first kappa shape index (κ1) is 17.8. The maximum Gasteiger partial charge on any atom is 0.260 e. The number of hydrogen-bond acceptors (Lipinski definition) is 6. The molecular formula is C11H20N4O4S2. The lowest BCUT2D eigenvalue weighted by atomic mass is 10.4. The molecule has 1 aromatic heterocycles. The summed E-state index contributed by atoms with van der Waals surface area (Å²) in [5.41, 5.74) is 0.378. The predicted octanol–water partition coefficient (Wildman–Crippen LogP) is -0.317. The summed E-state index contributed by atoms with van der Waals surface area (Å²) in [5.74, 6) is -0.317. The second kappa shape index (κ2) is 7.16. The third-order valence-electron chi connectivity index (χ3n) is 2.60. The van der Waals surface area contributed by atoms with Gasteiger partial charge in [0.2, 0.25) is 10.0 Å². The standard InChI is InChI=1S/C11H20N4O4S2/c1-4-12-10-6-5-7-13-11(10)21(18,19)14-8-9-20(16,17)15(2)3/h5-7,12,14H,4,8-9H2,1-3H3. The highest BCUT2D eigenvalue weighted by Crippen LogP contribution is 2.17. The monoisotopic (exact) mass is 336 g/mol. The zero-order chi connectivity index (χ0) is 16.1. The number of anilines is 1. The lowest BCUT2D eigenvalue weighted by Gasteiger charge is -2.13. The molecule has 0 fully saturated rings. The molecule has 0 amide bonds. The Morgan fingerprint density at radius 1 is 1.24 bits per heavy atom. The first-order chi connectivity index (χ1) is 9.70. The lowest BCUT2D eigenvalue weighted by molar-refractivity contribution is 0.519. The van der Waals surface area contributed by atoms with Gasteiger partial charge in [0.15, 0.2) is 5.03 Å². The molecule has 0 aliphatic carbocycles. The van der Waals surface area contributed by atoms with Crippen LogP contribution < -0.4 is 10.0 Å². The molecule has 0 saturated heterocycles. The Morgan fingerprint density at radius 3 is 2.48 bits per heavy atom. The lowest BCUT2D eigenvalue weighted by Crippen LogP contribution is -2.34. The Bertz CT molecular complexity index is 671. The summed E-state index contributed by atoms with van der Waals surface area (Å²) < 4.78 is 50.8. The Morgan fingerprint density at radius 2 is 1.90 bits per heavy atom. The fraction of sp³-hybridized carbons (Fsp3) is 0.545. The molecule has 1 heterocycles. The minimum Gasteiger partial charge on any atom is -0.383 e. The molecular weight excluding hydrogens is 316 g/mol. The third kappa shape index (κ3) is 4.92. The van der Waals surface area contributed by atoms with Crippen LogP contribution >= 0.6 is 0 Å². The van der Waals surface area contributed by atoms with Crippen molar-refractivity contribution in [2.75, 3.05) is 38.3 Å². The number of nitrogens with one attached hydrogen (secondary N) is 2. The molecule has 0 bridgehead atoms. The van der Waals surface area contributed by atoms with Crippen LogP contribution in [0.15, 0.2) is 23.4 Å². The van der Waals surface area contributed by atoms with E-state index in [1.54, 1.807) is 12.1 Å². The van der Waals surface area contributed by atoms with E-state index in [9.17, 15) is 16.8 Å². The minimum absolute atomic E-state index is 0.144. The average molecular weight is 336 g/mol. The largest absolute Gasteiger partial charge is 0.383 e. The summed E-state index contributed by atoms with van der Waals surface area (Å²) in [4.78, 5) is 3.85. The van der Waals surface area contributed by atoms with Crippen LogP contribution in [-0.4, -0.2) is 59.1 Å². The molecule has 2 N–H and O–H groups in total. The molecule has 21 heavy (non-hydrogen) atoms. The topological polar surface area (TPSA) is 108 Å². The number of pyridine rings is 1. The predicted molar refractivity (Wildman–Crippen MR) is 81.1 cm³/mol. The van der Waals surface area contributed by atoms with Gasteiger partial charge >= 0.3 is 0 Å². The van der Waals surface area contributed by atoms with Gasteiger partial charge in [0.1, 0.15) is 0 Å². The molecule has 0 saturated carbocycles. The molecule has 10 heteroatoms. The molecule has 0 unspecified atom stereocenters. The fourth-order valence-electron chi connectivity index (χ4n) is 1.49. The Labute approximate surface area is 125 Å². The van der Waals surface area contributed by atoms with Crippen LogP contribution in [-0.2, 0) is 20.0 Å². The zero-order valence-corrected chi connectivity index (χ0v) is 13.8. The van der Waals surface area contributed by atoms with Crippen molar-refractivity contribution in [2.45, 2.75) is 11.9 Å². The minimum atomic E-state index is -3.87. The number of aromatic nitrogens is 1. The summed E-state index contributed by atoms with van der Waals surface area (Å²) in [6.45, 7) is 2.16. The molecule has 0 radical (unpaired) electrons. The third-order valence-corrected chi connectivity index (χ3v) is 5.85. The van der Waals surface area contributed by atoms with E-state index in [4.69, 9.17) is 0 Å². The second-order valence-corrected chi connectivity index (χ2v) is 8.37. The smallest absolute Gasteiger partial charge is 0.260 e. The van der Waals surface area contributed by atoms with Gasteiger partial charge in [-0.25, -0.2) is 30.8 Å². The van der Waals surface area contributed by atoms with E-state index in [-0.39, 0.29) is 17.3 Å². The van der Waals surface area contributed by atoms with Crippen molar-refractivity contribution >= 4 is 25.7 Å². The van der Waals surface area contributed by atoms with Crippen molar-refractivity contribution in [1.82, 2.24) is 14.0 Å². The summed E-state index contributed by atoms with van der Waals surface area (Å²) in [6, 6.07) is 3.22. The Hall–Kier alpha value is -1.23. The average Bonchev–Trinajstić information content (AvgIpc) is 2.39. The van der Waals surface area contributed by atoms with E-state index in [0.29, 0.717) is 12.2 Å². The molecule has 0 spiro atoms. The Balaban J connectivity index is 2.84. The van der Waals surface area contributed by atoms with Gasteiger partial charge in [-0.1, -0.05) is 0 Å². The van der Waals surface area contributed by atoms with E-state index in [0.717, 1.165) is 4.31 Å². The van der Waals surface area contributed by atoms with Crippen molar-refractivity contribution in [1.29, 1.82) is 0 Å². The molecule has 1 rings (SSSR count). The molecule has 0 atom stereocenters. The van der Waals surface area contributed by atoms with Crippen molar-refractivity contribution in [3.05, 3.63) is 18.3 Å².